The summed E-state index contributed by atoms with van der Waals surface area (Å²) in [6.45, 7) is 0. The van der Waals surface area contributed by atoms with E-state index in [0.717, 1.165) is 12.1 Å². The average molecular weight is 501 g/mol. The van der Waals surface area contributed by atoms with Crippen LogP contribution in [0.4, 0.5) is 17.6 Å². The third-order valence-electron chi connectivity index (χ3n) is 5.94. The molecule has 8 nitrogen and oxygen atoms in total. The molecule has 4 aromatic rings. The van der Waals surface area contributed by atoms with Crippen LogP contribution in [0.25, 0.3) is 33.5 Å². The molecule has 2 aromatic heterocycles. The summed E-state index contributed by atoms with van der Waals surface area (Å²) >= 11 is 0. The molecule has 12 heteroatoms. The van der Waals surface area contributed by atoms with E-state index >= 15 is 0 Å². The molecule has 0 atom stereocenters. The first kappa shape index (κ1) is 23.7. The second kappa shape index (κ2) is 9.19. The lowest BCUT2D eigenvalue weighted by Gasteiger charge is -2.33. The number of halogens is 4. The van der Waals surface area contributed by atoms with E-state index in [-0.39, 0.29) is 40.8 Å². The van der Waals surface area contributed by atoms with Gasteiger partial charge in [0, 0.05) is 23.9 Å². The maximum Gasteiger partial charge on any atom is 0.416 e. The van der Waals surface area contributed by atoms with Gasteiger partial charge in [-0.1, -0.05) is 6.07 Å². The smallest absolute Gasteiger partial charge is 0.416 e. The van der Waals surface area contributed by atoms with Crippen molar-refractivity contribution in [2.45, 2.75) is 25.1 Å². The predicted molar refractivity (Wildman–Crippen MR) is 120 cm³/mol. The van der Waals surface area contributed by atoms with Gasteiger partial charge in [-0.25, -0.2) is 24.8 Å². The Bertz CT molecular complexity index is 1420. The van der Waals surface area contributed by atoms with Gasteiger partial charge in [0.25, 0.3) is 0 Å². The van der Waals surface area contributed by atoms with E-state index in [1.165, 1.54) is 37.7 Å². The molecule has 2 heterocycles. The number of rotatable bonds is 6. The van der Waals surface area contributed by atoms with Crippen molar-refractivity contribution in [2.75, 3.05) is 7.11 Å². The number of benzene rings is 2. The maximum absolute atomic E-state index is 14.9. The topological polar surface area (TPSA) is 102 Å². The number of H-pyrrole nitrogens is 1. The summed E-state index contributed by atoms with van der Waals surface area (Å²) in [5, 5.41) is 0. The van der Waals surface area contributed by atoms with Crippen molar-refractivity contribution in [1.29, 1.82) is 0 Å². The van der Waals surface area contributed by atoms with Crippen molar-refractivity contribution in [3.05, 3.63) is 60.2 Å². The lowest BCUT2D eigenvalue weighted by atomic mass is 9.82. The van der Waals surface area contributed by atoms with E-state index in [2.05, 4.69) is 30.3 Å². The van der Waals surface area contributed by atoms with Crippen molar-refractivity contribution >= 4 is 16.9 Å². The molecule has 1 fully saturated rings. The maximum atomic E-state index is 14.9. The van der Waals surface area contributed by atoms with Gasteiger partial charge in [-0.05, 0) is 48.7 Å². The van der Waals surface area contributed by atoms with Crippen molar-refractivity contribution in [3.63, 3.8) is 0 Å². The molecule has 0 bridgehead atoms. The van der Waals surface area contributed by atoms with E-state index in [1.807, 2.05) is 0 Å². The van der Waals surface area contributed by atoms with Crippen LogP contribution in [0.5, 0.6) is 6.01 Å². The van der Waals surface area contributed by atoms with E-state index in [4.69, 9.17) is 4.74 Å². The Labute approximate surface area is 201 Å². The Morgan fingerprint density at radius 1 is 1.08 bits per heavy atom. The molecule has 0 spiro atoms. The number of carbonyl (C=O) groups is 1. The van der Waals surface area contributed by atoms with E-state index < -0.39 is 17.6 Å². The number of nitrogens with one attached hydrogen (secondary N) is 2. The first-order valence-electron chi connectivity index (χ1n) is 10.9. The molecule has 36 heavy (non-hydrogen) atoms. The number of ether oxygens (including phenoxy) is 1. The van der Waals surface area contributed by atoms with E-state index in [0.29, 0.717) is 29.5 Å². The molecule has 186 valence electrons. The Balaban J connectivity index is 1.28. The number of hydroxylamine groups is 1. The summed E-state index contributed by atoms with van der Waals surface area (Å²) in [5.41, 5.74) is 3.07. The minimum atomic E-state index is -4.49. The Kier molecular flexibility index (Phi) is 6.04. The van der Waals surface area contributed by atoms with Crippen molar-refractivity contribution in [2.24, 2.45) is 5.92 Å². The molecule has 0 radical (unpaired) electrons. The highest BCUT2D eigenvalue weighted by Crippen LogP contribution is 2.33. The molecule has 1 saturated carbocycles. The summed E-state index contributed by atoms with van der Waals surface area (Å²) in [6.07, 6.45) is -0.653. The van der Waals surface area contributed by atoms with Crippen LogP contribution in [0.3, 0.4) is 0 Å². The molecule has 2 N–H and O–H groups in total. The molecule has 5 rings (SSSR count). The molecule has 0 saturated heterocycles. The summed E-state index contributed by atoms with van der Waals surface area (Å²) in [5.74, 6) is -0.883. The predicted octanol–water partition coefficient (Wildman–Crippen LogP) is 4.68. The van der Waals surface area contributed by atoms with Crippen LogP contribution in [0.2, 0.25) is 0 Å². The van der Waals surface area contributed by atoms with Crippen LogP contribution >= 0.6 is 0 Å². The lowest BCUT2D eigenvalue weighted by molar-refractivity contribution is -0.141. The zero-order valence-corrected chi connectivity index (χ0v) is 18.8. The van der Waals surface area contributed by atoms with E-state index in [9.17, 15) is 22.4 Å². The second-order valence-corrected chi connectivity index (χ2v) is 8.34. The fraction of sp³-hybridized carbons (Fsp3) is 0.250. The quantitative estimate of drug-likeness (QED) is 0.294. The normalized spacial score (nSPS) is 17.6. The highest BCUT2D eigenvalue weighted by molar-refractivity contribution is 5.81. The van der Waals surface area contributed by atoms with Crippen molar-refractivity contribution in [1.82, 2.24) is 25.4 Å². The molecule has 2 aromatic carbocycles. The van der Waals surface area contributed by atoms with Gasteiger partial charge < -0.3 is 9.72 Å². The van der Waals surface area contributed by atoms with Crippen LogP contribution in [0, 0.1) is 11.7 Å². The molecule has 1 aliphatic rings. The Hall–Kier alpha value is -4.06. The SMILES string of the molecule is CONC(=O)C1CC(Oc2ncc(-c3ccc(-c4nc5ccc(C(F)(F)F)cc5[nH]4)c(F)c3)cn2)C1. The van der Waals surface area contributed by atoms with Gasteiger partial charge in [0.15, 0.2) is 0 Å². The first-order valence-corrected chi connectivity index (χ1v) is 10.9. The van der Waals surface area contributed by atoms with Gasteiger partial charge >= 0.3 is 12.2 Å². The number of amides is 1. The zero-order chi connectivity index (χ0) is 25.4. The van der Waals surface area contributed by atoms with Gasteiger partial charge in [-0.3, -0.25) is 9.63 Å². The minimum absolute atomic E-state index is 0.112. The Morgan fingerprint density at radius 3 is 2.50 bits per heavy atom. The molecular weight excluding hydrogens is 482 g/mol. The molecule has 1 aliphatic carbocycles. The zero-order valence-electron chi connectivity index (χ0n) is 18.8. The average Bonchev–Trinajstić information content (AvgIpc) is 3.24. The Morgan fingerprint density at radius 2 is 1.83 bits per heavy atom. The summed E-state index contributed by atoms with van der Waals surface area (Å²) in [7, 11) is 1.37. The number of carbonyl (C=O) groups excluding carboxylic acids is 1. The van der Waals surface area contributed by atoms with Gasteiger partial charge in [0.2, 0.25) is 5.91 Å². The summed E-state index contributed by atoms with van der Waals surface area (Å²) in [6, 6.07) is 7.65. The van der Waals surface area contributed by atoms with Gasteiger partial charge in [-0.2, -0.15) is 13.2 Å². The summed E-state index contributed by atoms with van der Waals surface area (Å²) < 4.78 is 59.5. The van der Waals surface area contributed by atoms with Gasteiger partial charge in [0.05, 0.1) is 29.3 Å². The molecular formula is C24H19F4N5O3. The van der Waals surface area contributed by atoms with Crippen LogP contribution in [0.1, 0.15) is 18.4 Å². The lowest BCUT2D eigenvalue weighted by Crippen LogP contribution is -2.43. The summed E-state index contributed by atoms with van der Waals surface area (Å²) in [4.78, 5) is 31.6. The number of fused-ring (bicyclic) bond motifs is 1. The minimum Gasteiger partial charge on any atom is -0.460 e. The number of hydrogen-bond acceptors (Lipinski definition) is 6. The second-order valence-electron chi connectivity index (χ2n) is 8.34. The highest BCUT2D eigenvalue weighted by atomic mass is 19.4. The van der Waals surface area contributed by atoms with Crippen LogP contribution < -0.4 is 10.2 Å². The first-order chi connectivity index (χ1) is 17.2. The van der Waals surface area contributed by atoms with Gasteiger partial charge in [0.1, 0.15) is 17.7 Å². The van der Waals surface area contributed by atoms with Crippen LogP contribution in [-0.4, -0.2) is 39.1 Å². The number of aromatic amines is 1. The van der Waals surface area contributed by atoms with E-state index in [1.54, 1.807) is 6.07 Å². The molecule has 0 aliphatic heterocycles. The largest absolute Gasteiger partial charge is 0.460 e. The number of nitrogens with zero attached hydrogens (tertiary/aromatic N) is 3. The van der Waals surface area contributed by atoms with Crippen molar-refractivity contribution in [3.8, 4) is 28.5 Å². The standard InChI is InChI=1S/C24H19F4N5O3/c1-35-33-22(34)13-6-16(7-13)36-23-29-10-14(11-30-23)12-2-4-17(18(25)8-12)21-31-19-5-3-15(24(26,27)28)9-20(19)32-21/h2-5,8-11,13,16H,6-7H2,1H3,(H,31,32)(H,33,34). The third-order valence-corrected chi connectivity index (χ3v) is 5.94. The number of imidazole rings is 1. The van der Waals surface area contributed by atoms with Gasteiger partial charge in [-0.15, -0.1) is 0 Å². The monoisotopic (exact) mass is 501 g/mol. The van der Waals surface area contributed by atoms with Crippen LogP contribution in [0.15, 0.2) is 48.8 Å². The number of hydrogen-bond donors (Lipinski definition) is 2. The third kappa shape index (κ3) is 4.71. The number of aromatic nitrogens is 4. The fourth-order valence-corrected chi connectivity index (χ4v) is 3.94. The van der Waals surface area contributed by atoms with Crippen LogP contribution in [-0.2, 0) is 15.8 Å². The highest BCUT2D eigenvalue weighted by Gasteiger charge is 2.36. The molecule has 0 unspecified atom stereocenters. The van der Waals surface area contributed by atoms with Crippen molar-refractivity contribution < 1.29 is 31.9 Å². The fourth-order valence-electron chi connectivity index (χ4n) is 3.94. The molecule has 1 amide bonds. The number of alkyl halides is 3.